The van der Waals surface area contributed by atoms with Crippen molar-refractivity contribution in [1.29, 1.82) is 0 Å². The third-order valence-corrected chi connectivity index (χ3v) is 5.52. The van der Waals surface area contributed by atoms with Crippen molar-refractivity contribution < 1.29 is 27.4 Å². The highest BCUT2D eigenvalue weighted by molar-refractivity contribution is 6.06. The van der Waals surface area contributed by atoms with Crippen LogP contribution in [0.2, 0.25) is 0 Å². The highest BCUT2D eigenvalue weighted by Crippen LogP contribution is 2.41. The van der Waals surface area contributed by atoms with Crippen LogP contribution < -0.4 is 14.8 Å². The summed E-state index contributed by atoms with van der Waals surface area (Å²) in [6.07, 6.45) is 0.314. The van der Waals surface area contributed by atoms with Crippen LogP contribution in [-0.4, -0.2) is 33.8 Å². The van der Waals surface area contributed by atoms with Crippen molar-refractivity contribution in [3.05, 3.63) is 83.9 Å². The second kappa shape index (κ2) is 7.80. The summed E-state index contributed by atoms with van der Waals surface area (Å²) < 4.78 is 47.6. The molecule has 4 aromatic rings. The Kier molecular flexibility index (Phi) is 4.92. The Hall–Kier alpha value is -4.08. The Morgan fingerprint density at radius 1 is 1.09 bits per heavy atom. The third-order valence-electron chi connectivity index (χ3n) is 5.52. The molecule has 0 spiro atoms. The normalized spacial score (nSPS) is 17.8. The van der Waals surface area contributed by atoms with Crippen molar-refractivity contribution in [1.82, 2.24) is 20.3 Å². The molecular weight excluding hydrogens is 437 g/mol. The van der Waals surface area contributed by atoms with Crippen molar-refractivity contribution in [2.75, 3.05) is 6.61 Å². The number of hydrogen-bond acceptors (Lipinski definition) is 5. The van der Waals surface area contributed by atoms with Gasteiger partial charge >= 0.3 is 6.36 Å². The maximum Gasteiger partial charge on any atom is 0.573 e. The Bertz CT molecular complexity index is 1320. The number of aromatic nitrogens is 3. The Balaban J connectivity index is 1.59. The average molecular weight is 454 g/mol. The maximum atomic E-state index is 13.5. The first-order chi connectivity index (χ1) is 15.9. The molecule has 1 unspecified atom stereocenters. The van der Waals surface area contributed by atoms with Crippen LogP contribution >= 0.6 is 0 Å². The molecule has 7 nitrogen and oxygen atoms in total. The maximum absolute atomic E-state index is 13.5. The lowest BCUT2D eigenvalue weighted by Crippen LogP contribution is -2.50. The number of nitrogens with zero attached hydrogens (tertiary/aromatic N) is 2. The van der Waals surface area contributed by atoms with Gasteiger partial charge in [0, 0.05) is 30.4 Å². The van der Waals surface area contributed by atoms with E-state index in [-0.39, 0.29) is 18.3 Å². The van der Waals surface area contributed by atoms with Gasteiger partial charge in [-0.25, -0.2) is 4.98 Å². The molecule has 1 aliphatic heterocycles. The van der Waals surface area contributed by atoms with Crippen molar-refractivity contribution in [2.24, 2.45) is 0 Å². The Morgan fingerprint density at radius 2 is 1.91 bits per heavy atom. The van der Waals surface area contributed by atoms with Crippen LogP contribution in [0.15, 0.2) is 67.1 Å². The Morgan fingerprint density at radius 3 is 2.70 bits per heavy atom. The minimum absolute atomic E-state index is 0.273. The third kappa shape index (κ3) is 3.84. The molecule has 3 aromatic heterocycles. The summed E-state index contributed by atoms with van der Waals surface area (Å²) in [5.74, 6) is -0.249. The molecular formula is C23H17F3N4O3. The van der Waals surface area contributed by atoms with Gasteiger partial charge < -0.3 is 19.8 Å². The summed E-state index contributed by atoms with van der Waals surface area (Å²) >= 11 is 0. The molecule has 4 heterocycles. The van der Waals surface area contributed by atoms with Crippen LogP contribution in [0.3, 0.4) is 0 Å². The average Bonchev–Trinajstić information content (AvgIpc) is 3.28. The fraction of sp³-hybridized carbons (Fsp3) is 0.174. The second-order valence-corrected chi connectivity index (χ2v) is 7.48. The molecule has 1 aliphatic rings. The molecule has 168 valence electrons. The van der Waals surface area contributed by atoms with E-state index in [4.69, 9.17) is 4.74 Å². The predicted molar refractivity (Wildman–Crippen MR) is 112 cm³/mol. The molecule has 33 heavy (non-hydrogen) atoms. The smallest absolute Gasteiger partial charge is 0.491 e. The van der Waals surface area contributed by atoms with Gasteiger partial charge in [0.05, 0.1) is 12.2 Å². The molecule has 0 saturated carbocycles. The molecule has 0 saturated heterocycles. The summed E-state index contributed by atoms with van der Waals surface area (Å²) in [4.78, 5) is 25.1. The lowest BCUT2D eigenvalue weighted by molar-refractivity contribution is -0.274. The lowest BCUT2D eigenvalue weighted by atomic mass is 9.81. The molecule has 5 rings (SSSR count). The lowest BCUT2D eigenvalue weighted by Gasteiger charge is -2.39. The predicted octanol–water partition coefficient (Wildman–Crippen LogP) is 4.31. The molecule has 0 radical (unpaired) electrons. The number of halogens is 3. The van der Waals surface area contributed by atoms with Crippen LogP contribution in [-0.2, 0) is 5.54 Å². The van der Waals surface area contributed by atoms with E-state index in [0.717, 1.165) is 0 Å². The number of pyridine rings is 2. The van der Waals surface area contributed by atoms with Crippen LogP contribution in [0, 0.1) is 0 Å². The molecule has 1 amide bonds. The summed E-state index contributed by atoms with van der Waals surface area (Å²) in [5.41, 5.74) is 0.855. The highest BCUT2D eigenvalue weighted by Gasteiger charge is 2.43. The second-order valence-electron chi connectivity index (χ2n) is 7.48. The first kappa shape index (κ1) is 20.8. The van der Waals surface area contributed by atoms with E-state index < -0.39 is 11.9 Å². The Labute approximate surface area is 185 Å². The van der Waals surface area contributed by atoms with Gasteiger partial charge in [-0.3, -0.25) is 9.78 Å². The van der Waals surface area contributed by atoms with Gasteiger partial charge in [0.15, 0.2) is 0 Å². The van der Waals surface area contributed by atoms with E-state index in [2.05, 4.69) is 25.0 Å². The number of benzene rings is 1. The summed E-state index contributed by atoms with van der Waals surface area (Å²) in [5, 5.41) is 3.73. The largest absolute Gasteiger partial charge is 0.573 e. The molecule has 1 aromatic carbocycles. The van der Waals surface area contributed by atoms with E-state index in [0.29, 0.717) is 40.0 Å². The van der Waals surface area contributed by atoms with Crippen LogP contribution in [0.5, 0.6) is 11.5 Å². The number of carbonyl (C=O) groups excluding carboxylic acids is 1. The highest BCUT2D eigenvalue weighted by atomic mass is 19.4. The molecule has 0 bridgehead atoms. The van der Waals surface area contributed by atoms with E-state index in [1.807, 2.05) is 0 Å². The number of aromatic amines is 1. The molecule has 10 heteroatoms. The van der Waals surface area contributed by atoms with Gasteiger partial charge in [-0.05, 0) is 42.0 Å². The van der Waals surface area contributed by atoms with E-state index in [9.17, 15) is 18.0 Å². The van der Waals surface area contributed by atoms with Crippen molar-refractivity contribution in [3.8, 4) is 11.5 Å². The summed E-state index contributed by atoms with van der Waals surface area (Å²) in [7, 11) is 0. The van der Waals surface area contributed by atoms with Gasteiger partial charge in [0.1, 0.15) is 28.4 Å². The van der Waals surface area contributed by atoms with Crippen molar-refractivity contribution >= 4 is 16.9 Å². The monoisotopic (exact) mass is 454 g/mol. The van der Waals surface area contributed by atoms with Gasteiger partial charge in [-0.2, -0.15) is 0 Å². The van der Waals surface area contributed by atoms with Gasteiger partial charge in [0.2, 0.25) is 0 Å². The first-order valence-corrected chi connectivity index (χ1v) is 10.0. The summed E-state index contributed by atoms with van der Waals surface area (Å²) in [6, 6.07) is 12.2. The SMILES string of the molecule is O=C(NC1(c2ccc(OC(F)(F)F)cc2)CCOc2cccnc21)c1ccnc2[nH]ccc12. The number of alkyl halides is 3. The van der Waals surface area contributed by atoms with E-state index in [1.165, 1.54) is 30.5 Å². The molecule has 0 fully saturated rings. The number of ether oxygens (including phenoxy) is 2. The molecule has 2 N–H and O–H groups in total. The quantitative estimate of drug-likeness (QED) is 0.480. The number of fused-ring (bicyclic) bond motifs is 2. The first-order valence-electron chi connectivity index (χ1n) is 10.0. The minimum atomic E-state index is -4.80. The fourth-order valence-corrected chi connectivity index (χ4v) is 4.10. The van der Waals surface area contributed by atoms with Crippen molar-refractivity contribution in [2.45, 2.75) is 18.3 Å². The number of nitrogens with one attached hydrogen (secondary N) is 2. The van der Waals surface area contributed by atoms with Crippen molar-refractivity contribution in [3.63, 3.8) is 0 Å². The van der Waals surface area contributed by atoms with Gasteiger partial charge in [-0.1, -0.05) is 12.1 Å². The number of hydrogen-bond donors (Lipinski definition) is 2. The zero-order valence-electron chi connectivity index (χ0n) is 17.0. The fourth-order valence-electron chi connectivity index (χ4n) is 4.10. The number of H-pyrrole nitrogens is 1. The van der Waals surface area contributed by atoms with Crippen LogP contribution in [0.4, 0.5) is 13.2 Å². The number of rotatable bonds is 4. The van der Waals surface area contributed by atoms with Crippen LogP contribution in [0.25, 0.3) is 11.0 Å². The minimum Gasteiger partial charge on any atom is -0.491 e. The van der Waals surface area contributed by atoms with E-state index in [1.54, 1.807) is 36.7 Å². The van der Waals surface area contributed by atoms with Gasteiger partial charge in [-0.15, -0.1) is 13.2 Å². The zero-order chi connectivity index (χ0) is 23.1. The number of carbonyl (C=O) groups is 1. The topological polar surface area (TPSA) is 89.1 Å². The molecule has 0 aliphatic carbocycles. The van der Waals surface area contributed by atoms with E-state index >= 15 is 0 Å². The summed E-state index contributed by atoms with van der Waals surface area (Å²) in [6.45, 7) is 0.273. The standard InChI is InChI=1S/C23H17F3N4O3/c24-23(25,26)33-15-5-3-14(4-6-15)22(9-13-32-18-2-1-10-27-19(18)22)30-21(31)17-8-12-29-20-16(17)7-11-28-20/h1-8,10-12H,9,13H2,(H,28,29)(H,30,31). The van der Waals surface area contributed by atoms with Gasteiger partial charge in [0.25, 0.3) is 5.91 Å². The van der Waals surface area contributed by atoms with Crippen LogP contribution in [0.1, 0.15) is 28.0 Å². The molecule has 1 atom stereocenters. The number of amides is 1. The zero-order valence-corrected chi connectivity index (χ0v) is 17.0.